The molecule has 0 saturated heterocycles. The maximum absolute atomic E-state index is 13.9. The first kappa shape index (κ1) is 26.4. The first-order chi connectivity index (χ1) is 21.1. The summed E-state index contributed by atoms with van der Waals surface area (Å²) in [6.07, 6.45) is 2.21. The van der Waals surface area contributed by atoms with Gasteiger partial charge >= 0.3 is 0 Å². The van der Waals surface area contributed by atoms with Crippen molar-refractivity contribution in [2.45, 2.75) is 37.8 Å². The van der Waals surface area contributed by atoms with Crippen LogP contribution in [0, 0.1) is 12.7 Å². The normalized spacial score (nSPS) is 21.2. The number of benzene rings is 3. The fourth-order valence-corrected chi connectivity index (χ4v) is 6.94. The Labute approximate surface area is 251 Å². The number of nitrogens with zero attached hydrogens (tertiary/aromatic N) is 5. The number of aliphatic hydroxyl groups is 1. The molecule has 8 nitrogen and oxygen atoms in total. The molecule has 9 heteroatoms. The molecule has 1 fully saturated rings. The van der Waals surface area contributed by atoms with Gasteiger partial charge in [0.25, 0.3) is 11.8 Å². The molecule has 0 radical (unpaired) electrons. The molecule has 2 aliphatic rings. The number of aryl methyl sites for hydroxylation is 1. The molecule has 1 aliphatic carbocycles. The molecular formula is C35H26FN5O3. The zero-order valence-corrected chi connectivity index (χ0v) is 24.0. The highest BCUT2D eigenvalue weighted by Gasteiger charge is 2.60. The van der Waals surface area contributed by atoms with E-state index in [0.29, 0.717) is 28.1 Å². The molecule has 0 atom stereocenters. The molecular weight excluding hydrogens is 557 g/mol. The topological polar surface area (TPSA) is 101 Å². The average molecular weight is 584 g/mol. The lowest BCUT2D eigenvalue weighted by molar-refractivity contribution is -0.118. The molecule has 4 heterocycles. The van der Waals surface area contributed by atoms with Gasteiger partial charge in [-0.1, -0.05) is 48.5 Å². The summed E-state index contributed by atoms with van der Waals surface area (Å²) in [5.41, 5.74) is 4.63. The Balaban J connectivity index is 1.27. The zero-order chi connectivity index (χ0) is 30.4. The summed E-state index contributed by atoms with van der Waals surface area (Å²) in [5, 5.41) is 16.2. The number of aromatic nitrogens is 4. The van der Waals surface area contributed by atoms with Gasteiger partial charge in [-0.05, 0) is 55.3 Å². The monoisotopic (exact) mass is 583 g/mol. The number of hydrogen-bond acceptors (Lipinski definition) is 6. The Kier molecular flexibility index (Phi) is 5.46. The lowest BCUT2D eigenvalue weighted by Crippen LogP contribution is -2.63. The van der Waals surface area contributed by atoms with Crippen LogP contribution in [0.5, 0.6) is 0 Å². The molecule has 3 aromatic heterocycles. The van der Waals surface area contributed by atoms with Gasteiger partial charge in [0.2, 0.25) is 0 Å². The van der Waals surface area contributed by atoms with E-state index in [2.05, 4.69) is 10.1 Å². The van der Waals surface area contributed by atoms with Crippen LogP contribution < -0.4 is 0 Å². The van der Waals surface area contributed by atoms with Crippen LogP contribution in [0.1, 0.15) is 51.7 Å². The van der Waals surface area contributed by atoms with E-state index in [1.807, 2.05) is 43.3 Å². The van der Waals surface area contributed by atoms with Crippen molar-refractivity contribution in [2.75, 3.05) is 0 Å². The Hall–Kier alpha value is -5.28. The standard InChI is InChI=1S/C35H26FN5O3/c1-20-15-29-37-17-23-16-28(21-9-13-25(36)14-10-21)30(38-31(23)41(29)39-20)22-7-11-24(12-8-22)35(18-34(2,44)19-35)40-32(42)26-5-3-4-6-27(26)33(40)43/h3-17,44H,18-19H2,1-2H3. The number of carbonyl (C=O) groups excluding carboxylic acids is 2. The average Bonchev–Trinajstić information content (AvgIpc) is 3.52. The zero-order valence-electron chi connectivity index (χ0n) is 24.0. The number of halogens is 1. The SMILES string of the molecule is Cc1cc2ncc3cc(-c4ccc(F)cc4)c(-c4ccc(C5(N6C(=O)c7ccccc7C6=O)CC(C)(O)C5)cc4)nc3n2n1. The highest BCUT2D eigenvalue weighted by atomic mass is 19.1. The molecule has 0 spiro atoms. The van der Waals surface area contributed by atoms with Crippen LogP contribution in [-0.2, 0) is 5.54 Å². The van der Waals surface area contributed by atoms with Crippen molar-refractivity contribution in [1.29, 1.82) is 0 Å². The molecule has 44 heavy (non-hydrogen) atoms. The van der Waals surface area contributed by atoms with Gasteiger partial charge in [0.05, 0.1) is 33.7 Å². The van der Waals surface area contributed by atoms with E-state index in [1.165, 1.54) is 17.0 Å². The molecule has 8 rings (SSSR count). The van der Waals surface area contributed by atoms with Crippen LogP contribution >= 0.6 is 0 Å². The molecule has 3 aromatic carbocycles. The highest BCUT2D eigenvalue weighted by molar-refractivity contribution is 6.22. The third-order valence-electron chi connectivity index (χ3n) is 8.80. The maximum Gasteiger partial charge on any atom is 0.262 e. The summed E-state index contributed by atoms with van der Waals surface area (Å²) in [6, 6.07) is 24.6. The number of amides is 2. The van der Waals surface area contributed by atoms with Gasteiger partial charge in [-0.3, -0.25) is 14.5 Å². The smallest absolute Gasteiger partial charge is 0.262 e. The molecule has 1 saturated carbocycles. The van der Waals surface area contributed by atoms with Gasteiger partial charge in [-0.15, -0.1) is 0 Å². The van der Waals surface area contributed by atoms with Crippen molar-refractivity contribution in [1.82, 2.24) is 24.5 Å². The minimum atomic E-state index is -1.02. The summed E-state index contributed by atoms with van der Waals surface area (Å²) in [6.45, 7) is 3.62. The molecule has 216 valence electrons. The number of hydrogen-bond donors (Lipinski definition) is 1. The molecule has 1 N–H and O–H groups in total. The van der Waals surface area contributed by atoms with Gasteiger partial charge in [0, 0.05) is 41.6 Å². The van der Waals surface area contributed by atoms with Crippen LogP contribution in [0.3, 0.4) is 0 Å². The van der Waals surface area contributed by atoms with Crippen molar-refractivity contribution < 1.29 is 19.1 Å². The van der Waals surface area contributed by atoms with E-state index < -0.39 is 11.1 Å². The lowest BCUT2D eigenvalue weighted by atomic mass is 9.61. The van der Waals surface area contributed by atoms with Crippen LogP contribution in [0.15, 0.2) is 91.1 Å². The van der Waals surface area contributed by atoms with Gasteiger partial charge in [-0.2, -0.15) is 9.61 Å². The van der Waals surface area contributed by atoms with E-state index in [4.69, 9.17) is 4.98 Å². The lowest BCUT2D eigenvalue weighted by Gasteiger charge is -2.55. The predicted octanol–water partition coefficient (Wildman–Crippen LogP) is 6.10. The van der Waals surface area contributed by atoms with Crippen LogP contribution in [0.25, 0.3) is 39.1 Å². The molecule has 2 amide bonds. The van der Waals surface area contributed by atoms with Crippen molar-refractivity contribution in [2.24, 2.45) is 0 Å². The highest BCUT2D eigenvalue weighted by Crippen LogP contribution is 2.54. The molecule has 0 unspecified atom stereocenters. The summed E-state index contributed by atoms with van der Waals surface area (Å²) < 4.78 is 15.6. The maximum atomic E-state index is 13.9. The van der Waals surface area contributed by atoms with E-state index in [1.54, 1.807) is 54.0 Å². The van der Waals surface area contributed by atoms with E-state index in [9.17, 15) is 19.1 Å². The summed E-state index contributed by atoms with van der Waals surface area (Å²) in [5.74, 6) is -1.04. The number of imide groups is 1. The van der Waals surface area contributed by atoms with Crippen molar-refractivity contribution >= 4 is 28.5 Å². The predicted molar refractivity (Wildman–Crippen MR) is 162 cm³/mol. The van der Waals surface area contributed by atoms with E-state index in [-0.39, 0.29) is 30.5 Å². The third kappa shape index (κ3) is 3.82. The Morgan fingerprint density at radius 1 is 0.841 bits per heavy atom. The van der Waals surface area contributed by atoms with Crippen LogP contribution in [-0.4, -0.2) is 47.0 Å². The largest absolute Gasteiger partial charge is 0.390 e. The fourth-order valence-electron chi connectivity index (χ4n) is 6.94. The number of pyridine rings is 1. The number of rotatable bonds is 4. The minimum Gasteiger partial charge on any atom is -0.390 e. The number of fused-ring (bicyclic) bond motifs is 4. The Morgan fingerprint density at radius 3 is 2.11 bits per heavy atom. The third-order valence-corrected chi connectivity index (χ3v) is 8.80. The van der Waals surface area contributed by atoms with Gasteiger partial charge in [-0.25, -0.2) is 14.4 Å². The first-order valence-electron chi connectivity index (χ1n) is 14.4. The van der Waals surface area contributed by atoms with Crippen molar-refractivity contribution in [3.63, 3.8) is 0 Å². The van der Waals surface area contributed by atoms with Crippen LogP contribution in [0.2, 0.25) is 0 Å². The molecule has 0 bridgehead atoms. The van der Waals surface area contributed by atoms with Crippen LogP contribution in [0.4, 0.5) is 4.39 Å². The number of carbonyl (C=O) groups is 2. The van der Waals surface area contributed by atoms with E-state index >= 15 is 0 Å². The van der Waals surface area contributed by atoms with Gasteiger partial charge < -0.3 is 5.11 Å². The summed E-state index contributed by atoms with van der Waals surface area (Å²) in [4.78, 5) is 38.0. The van der Waals surface area contributed by atoms with E-state index in [0.717, 1.165) is 33.3 Å². The van der Waals surface area contributed by atoms with Gasteiger partial charge in [0.15, 0.2) is 11.3 Å². The fraction of sp³-hybridized carbons (Fsp3) is 0.171. The van der Waals surface area contributed by atoms with Crippen molar-refractivity contribution in [3.8, 4) is 22.4 Å². The second-order valence-electron chi connectivity index (χ2n) is 12.1. The molecule has 6 aromatic rings. The summed E-state index contributed by atoms with van der Waals surface area (Å²) in [7, 11) is 0. The molecule has 1 aliphatic heterocycles. The second-order valence-corrected chi connectivity index (χ2v) is 12.1. The van der Waals surface area contributed by atoms with Crippen molar-refractivity contribution in [3.05, 3.63) is 119 Å². The summed E-state index contributed by atoms with van der Waals surface area (Å²) >= 11 is 0. The first-order valence-corrected chi connectivity index (χ1v) is 14.4. The Bertz CT molecular complexity index is 2130. The second kappa shape index (κ2) is 9.11. The Morgan fingerprint density at radius 2 is 1.48 bits per heavy atom. The quantitative estimate of drug-likeness (QED) is 0.252. The minimum absolute atomic E-state index is 0.226. The van der Waals surface area contributed by atoms with Gasteiger partial charge in [0.1, 0.15) is 5.82 Å².